The van der Waals surface area contributed by atoms with Gasteiger partial charge in [0.2, 0.25) is 0 Å². The number of aryl methyl sites for hydroxylation is 1. The zero-order valence-corrected chi connectivity index (χ0v) is 20.7. The second-order valence-electron chi connectivity index (χ2n) is 7.30. The van der Waals surface area contributed by atoms with E-state index in [0.717, 1.165) is 41.7 Å². The van der Waals surface area contributed by atoms with Crippen LogP contribution in [0.5, 0.6) is 0 Å². The fourth-order valence-corrected chi connectivity index (χ4v) is 4.13. The molecule has 0 bridgehead atoms. The van der Waals surface area contributed by atoms with Crippen molar-refractivity contribution in [3.63, 3.8) is 0 Å². The van der Waals surface area contributed by atoms with Gasteiger partial charge in [0, 0.05) is 31.0 Å². The molecule has 31 heavy (non-hydrogen) atoms. The predicted molar refractivity (Wildman–Crippen MR) is 128 cm³/mol. The standard InChI is InChI=1S/C21H27F3N4OS.HI/c1-3-25-20(27-12-18-28-17(13-30-18)21(22,23)24)26-11-16-5-4-10-29-19(16)15-8-6-14(2)7-9-15;/h6-9,13,16,19H,3-5,10-12H2,1-2H3,(H2,25,26,27);1H. The molecule has 1 aliphatic rings. The molecule has 1 saturated heterocycles. The fourth-order valence-electron chi connectivity index (χ4n) is 3.41. The summed E-state index contributed by atoms with van der Waals surface area (Å²) < 4.78 is 44.2. The first-order valence-corrected chi connectivity index (χ1v) is 11.0. The van der Waals surface area contributed by atoms with Gasteiger partial charge in [-0.15, -0.1) is 35.3 Å². The summed E-state index contributed by atoms with van der Waals surface area (Å²) in [6, 6.07) is 8.40. The predicted octanol–water partition coefficient (Wildman–Crippen LogP) is 5.31. The maximum Gasteiger partial charge on any atom is 0.434 e. The second kappa shape index (κ2) is 12.0. The van der Waals surface area contributed by atoms with Crippen molar-refractivity contribution in [1.29, 1.82) is 0 Å². The van der Waals surface area contributed by atoms with Crippen LogP contribution in [0.1, 0.15) is 47.7 Å². The number of aromatic nitrogens is 1. The number of guanidine groups is 1. The molecular weight excluding hydrogens is 540 g/mol. The monoisotopic (exact) mass is 568 g/mol. The summed E-state index contributed by atoms with van der Waals surface area (Å²) in [5, 5.41) is 7.82. The van der Waals surface area contributed by atoms with E-state index >= 15 is 0 Å². The number of thiazole rings is 1. The molecule has 1 aromatic carbocycles. The number of halogens is 4. The Morgan fingerprint density at radius 2 is 2.00 bits per heavy atom. The number of nitrogens with zero attached hydrogens (tertiary/aromatic N) is 2. The Hall–Kier alpha value is -1.40. The first-order chi connectivity index (χ1) is 14.4. The minimum atomic E-state index is -4.42. The third kappa shape index (κ3) is 7.60. The van der Waals surface area contributed by atoms with E-state index in [9.17, 15) is 13.2 Å². The van der Waals surface area contributed by atoms with Gasteiger partial charge in [-0.1, -0.05) is 29.8 Å². The molecule has 1 aliphatic heterocycles. The molecule has 3 rings (SSSR count). The smallest absolute Gasteiger partial charge is 0.373 e. The number of alkyl halides is 3. The van der Waals surface area contributed by atoms with Crippen molar-refractivity contribution in [2.45, 2.75) is 45.5 Å². The summed E-state index contributed by atoms with van der Waals surface area (Å²) in [4.78, 5) is 8.04. The first-order valence-electron chi connectivity index (χ1n) is 10.1. The van der Waals surface area contributed by atoms with Crippen LogP contribution >= 0.6 is 35.3 Å². The number of hydrogen-bond donors (Lipinski definition) is 2. The molecule has 10 heteroatoms. The lowest BCUT2D eigenvalue weighted by atomic mass is 9.89. The molecule has 2 aromatic rings. The van der Waals surface area contributed by atoms with Crippen LogP contribution in [-0.4, -0.2) is 30.6 Å². The molecule has 2 unspecified atom stereocenters. The lowest BCUT2D eigenvalue weighted by Crippen LogP contribution is -2.42. The van der Waals surface area contributed by atoms with E-state index in [1.807, 2.05) is 6.92 Å². The van der Waals surface area contributed by atoms with Crippen LogP contribution in [0.2, 0.25) is 0 Å². The molecule has 1 aromatic heterocycles. The summed E-state index contributed by atoms with van der Waals surface area (Å²) in [6.07, 6.45) is -2.37. The van der Waals surface area contributed by atoms with E-state index in [1.165, 1.54) is 5.56 Å². The minimum Gasteiger partial charge on any atom is -0.373 e. The second-order valence-corrected chi connectivity index (χ2v) is 8.25. The molecular formula is C21H28F3IN4OS. The molecule has 5 nitrogen and oxygen atoms in total. The van der Waals surface area contributed by atoms with E-state index < -0.39 is 11.9 Å². The van der Waals surface area contributed by atoms with Gasteiger partial charge in [0.15, 0.2) is 11.7 Å². The molecule has 0 radical (unpaired) electrons. The van der Waals surface area contributed by atoms with E-state index in [-0.39, 0.29) is 42.5 Å². The summed E-state index contributed by atoms with van der Waals surface area (Å²) >= 11 is 0.968. The van der Waals surface area contributed by atoms with E-state index in [0.29, 0.717) is 24.1 Å². The third-order valence-electron chi connectivity index (χ3n) is 4.94. The summed E-state index contributed by atoms with van der Waals surface area (Å²) in [5.74, 6) is 0.844. The zero-order chi connectivity index (χ0) is 21.6. The van der Waals surface area contributed by atoms with Crippen molar-refractivity contribution < 1.29 is 17.9 Å². The normalized spacial score (nSPS) is 19.6. The van der Waals surface area contributed by atoms with Crippen molar-refractivity contribution in [1.82, 2.24) is 15.6 Å². The highest BCUT2D eigenvalue weighted by Crippen LogP contribution is 2.33. The highest BCUT2D eigenvalue weighted by molar-refractivity contribution is 14.0. The highest BCUT2D eigenvalue weighted by Gasteiger charge is 2.33. The van der Waals surface area contributed by atoms with Crippen molar-refractivity contribution >= 4 is 41.3 Å². The average molecular weight is 568 g/mol. The Morgan fingerprint density at radius 1 is 1.26 bits per heavy atom. The van der Waals surface area contributed by atoms with Crippen molar-refractivity contribution in [2.75, 3.05) is 19.7 Å². The number of hydrogen-bond acceptors (Lipinski definition) is 4. The van der Waals surface area contributed by atoms with Crippen LogP contribution in [0.4, 0.5) is 13.2 Å². The van der Waals surface area contributed by atoms with Crippen molar-refractivity contribution in [3.05, 3.63) is 51.5 Å². The molecule has 2 heterocycles. The van der Waals surface area contributed by atoms with Crippen LogP contribution in [0, 0.1) is 12.8 Å². The molecule has 0 amide bonds. The van der Waals surface area contributed by atoms with Crippen molar-refractivity contribution in [2.24, 2.45) is 10.9 Å². The number of nitrogens with one attached hydrogen (secondary N) is 2. The fraction of sp³-hybridized carbons (Fsp3) is 0.524. The molecule has 2 atom stereocenters. The minimum absolute atomic E-state index is 0. The van der Waals surface area contributed by atoms with Crippen molar-refractivity contribution in [3.8, 4) is 0 Å². The molecule has 0 saturated carbocycles. The molecule has 2 N–H and O–H groups in total. The molecule has 0 spiro atoms. The van der Waals surface area contributed by atoms with Crippen LogP contribution in [-0.2, 0) is 17.5 Å². The average Bonchev–Trinajstić information content (AvgIpc) is 3.21. The van der Waals surface area contributed by atoms with Crippen LogP contribution in [0.3, 0.4) is 0 Å². The number of benzene rings is 1. The van der Waals surface area contributed by atoms with Gasteiger partial charge in [0.05, 0.1) is 12.6 Å². The molecule has 172 valence electrons. The van der Waals surface area contributed by atoms with Gasteiger partial charge in [-0.2, -0.15) is 13.2 Å². The van der Waals surface area contributed by atoms with E-state index in [2.05, 4.69) is 51.8 Å². The van der Waals surface area contributed by atoms with Gasteiger partial charge < -0.3 is 15.4 Å². The topological polar surface area (TPSA) is 58.5 Å². The van der Waals surface area contributed by atoms with Crippen LogP contribution in [0.15, 0.2) is 34.6 Å². The SMILES string of the molecule is CCNC(=NCc1nc(C(F)(F)F)cs1)NCC1CCCOC1c1ccc(C)cc1.I. The number of aliphatic imine (C=N–C) groups is 1. The van der Waals surface area contributed by atoms with Gasteiger partial charge in [0.1, 0.15) is 5.01 Å². The molecule has 1 fully saturated rings. The lowest BCUT2D eigenvalue weighted by Gasteiger charge is -2.32. The maximum atomic E-state index is 12.7. The molecule has 0 aliphatic carbocycles. The van der Waals surface area contributed by atoms with Gasteiger partial charge in [0.25, 0.3) is 0 Å². The number of ether oxygens (including phenoxy) is 1. The first kappa shape index (κ1) is 25.9. The van der Waals surface area contributed by atoms with Crippen LogP contribution < -0.4 is 10.6 Å². The Balaban J connectivity index is 0.00000341. The van der Waals surface area contributed by atoms with Gasteiger partial charge >= 0.3 is 6.18 Å². The highest BCUT2D eigenvalue weighted by atomic mass is 127. The number of rotatable bonds is 6. The van der Waals surface area contributed by atoms with E-state index in [1.54, 1.807) is 0 Å². The van der Waals surface area contributed by atoms with Gasteiger partial charge in [-0.3, -0.25) is 0 Å². The Kier molecular flexibility index (Phi) is 10.0. The Bertz CT molecular complexity index is 842. The Labute approximate surface area is 201 Å². The van der Waals surface area contributed by atoms with Crippen LogP contribution in [0.25, 0.3) is 0 Å². The summed E-state index contributed by atoms with van der Waals surface area (Å²) in [5.41, 5.74) is 1.51. The maximum absolute atomic E-state index is 12.7. The lowest BCUT2D eigenvalue weighted by molar-refractivity contribution is -0.140. The summed E-state index contributed by atoms with van der Waals surface area (Å²) in [6.45, 7) is 6.16. The Morgan fingerprint density at radius 3 is 2.65 bits per heavy atom. The van der Waals surface area contributed by atoms with E-state index in [4.69, 9.17) is 4.74 Å². The largest absolute Gasteiger partial charge is 0.434 e. The quantitative estimate of drug-likeness (QED) is 0.282. The zero-order valence-electron chi connectivity index (χ0n) is 17.5. The summed E-state index contributed by atoms with van der Waals surface area (Å²) in [7, 11) is 0. The third-order valence-corrected chi connectivity index (χ3v) is 5.77. The van der Waals surface area contributed by atoms with Gasteiger partial charge in [-0.05, 0) is 32.3 Å². The van der Waals surface area contributed by atoms with Gasteiger partial charge in [-0.25, -0.2) is 9.98 Å².